The molecule has 4 nitrogen and oxygen atoms in total. The molecular weight excluding hydrogens is 266 g/mol. The number of carbonyl (C=O) groups excluding carboxylic acids is 2. The van der Waals surface area contributed by atoms with Gasteiger partial charge >= 0.3 is 5.97 Å². The van der Waals surface area contributed by atoms with Crippen LogP contribution >= 0.6 is 0 Å². The molecule has 124 valence electrons. The summed E-state index contributed by atoms with van der Waals surface area (Å²) >= 11 is 0. The highest BCUT2D eigenvalue weighted by Gasteiger charge is 2.24. The van der Waals surface area contributed by atoms with Gasteiger partial charge in [-0.15, -0.1) is 0 Å². The third-order valence-electron chi connectivity index (χ3n) is 3.68. The number of carbonyl (C=O) groups is 2. The molecule has 0 aromatic rings. The SMILES string of the molecule is CCCCN(CCCC)CCC[C@@H](C(C)=O)C(=O)OCC. The van der Waals surface area contributed by atoms with E-state index in [9.17, 15) is 9.59 Å². The van der Waals surface area contributed by atoms with Crippen molar-refractivity contribution >= 4 is 11.8 Å². The third-order valence-corrected chi connectivity index (χ3v) is 3.68. The van der Waals surface area contributed by atoms with E-state index in [1.807, 2.05) is 0 Å². The minimum absolute atomic E-state index is 0.0814. The molecule has 0 aliphatic carbocycles. The van der Waals surface area contributed by atoms with Crippen molar-refractivity contribution in [2.75, 3.05) is 26.2 Å². The Balaban J connectivity index is 4.22. The summed E-state index contributed by atoms with van der Waals surface area (Å²) in [7, 11) is 0. The largest absolute Gasteiger partial charge is 0.465 e. The molecule has 0 amide bonds. The monoisotopic (exact) mass is 299 g/mol. The van der Waals surface area contributed by atoms with Crippen molar-refractivity contribution in [3.8, 4) is 0 Å². The van der Waals surface area contributed by atoms with Gasteiger partial charge in [-0.1, -0.05) is 26.7 Å². The standard InChI is InChI=1S/C17H33NO3/c1-5-8-12-18(13-9-6-2)14-10-11-16(15(4)19)17(20)21-7-3/h16H,5-14H2,1-4H3/t16-/m0/s1. The molecule has 0 aromatic carbocycles. The first kappa shape index (κ1) is 20.1. The van der Waals surface area contributed by atoms with Crippen LogP contribution in [0.25, 0.3) is 0 Å². The Bertz CT molecular complexity index is 284. The molecule has 0 fully saturated rings. The van der Waals surface area contributed by atoms with Crippen molar-refractivity contribution in [2.45, 2.75) is 66.2 Å². The van der Waals surface area contributed by atoms with Crippen LogP contribution in [0, 0.1) is 5.92 Å². The van der Waals surface area contributed by atoms with Gasteiger partial charge in [0.2, 0.25) is 0 Å². The molecule has 0 aliphatic heterocycles. The maximum atomic E-state index is 11.7. The summed E-state index contributed by atoms with van der Waals surface area (Å²) in [6.07, 6.45) is 6.28. The summed E-state index contributed by atoms with van der Waals surface area (Å²) in [6.45, 7) is 11.2. The van der Waals surface area contributed by atoms with E-state index in [4.69, 9.17) is 4.74 Å². The van der Waals surface area contributed by atoms with Gasteiger partial charge in [-0.3, -0.25) is 9.59 Å². The highest BCUT2D eigenvalue weighted by Crippen LogP contribution is 2.12. The molecule has 0 bridgehead atoms. The second kappa shape index (κ2) is 12.8. The summed E-state index contributed by atoms with van der Waals surface area (Å²) in [5.41, 5.74) is 0. The lowest BCUT2D eigenvalue weighted by Gasteiger charge is -2.22. The van der Waals surface area contributed by atoms with Crippen LogP contribution in [0.5, 0.6) is 0 Å². The van der Waals surface area contributed by atoms with Gasteiger partial charge in [0.05, 0.1) is 6.61 Å². The number of Topliss-reactive ketones (excluding diaryl/α,β-unsaturated/α-hetero) is 1. The van der Waals surface area contributed by atoms with Crippen molar-refractivity contribution in [1.29, 1.82) is 0 Å². The first-order valence-electron chi connectivity index (χ1n) is 8.46. The number of rotatable bonds is 13. The normalized spacial score (nSPS) is 12.4. The fraction of sp³-hybridized carbons (Fsp3) is 0.882. The van der Waals surface area contributed by atoms with Gasteiger partial charge in [-0.2, -0.15) is 0 Å². The average Bonchev–Trinajstić information content (AvgIpc) is 2.45. The van der Waals surface area contributed by atoms with Crippen molar-refractivity contribution in [2.24, 2.45) is 5.92 Å². The smallest absolute Gasteiger partial charge is 0.316 e. The molecule has 0 unspecified atom stereocenters. The van der Waals surface area contributed by atoms with E-state index in [0.717, 1.165) is 26.1 Å². The Morgan fingerprint density at radius 1 is 0.952 bits per heavy atom. The van der Waals surface area contributed by atoms with Crippen molar-refractivity contribution in [3.63, 3.8) is 0 Å². The second-order valence-electron chi connectivity index (χ2n) is 5.61. The number of nitrogens with zero attached hydrogens (tertiary/aromatic N) is 1. The molecule has 0 aromatic heterocycles. The number of ether oxygens (including phenoxy) is 1. The molecule has 1 atom stereocenters. The van der Waals surface area contributed by atoms with Crippen molar-refractivity contribution in [3.05, 3.63) is 0 Å². The van der Waals surface area contributed by atoms with Crippen LogP contribution in [0.4, 0.5) is 0 Å². The summed E-state index contributed by atoms with van der Waals surface area (Å²) in [6, 6.07) is 0. The minimum atomic E-state index is -0.579. The van der Waals surface area contributed by atoms with Gasteiger partial charge in [0.15, 0.2) is 0 Å². The zero-order valence-electron chi connectivity index (χ0n) is 14.3. The van der Waals surface area contributed by atoms with Crippen LogP contribution in [0.2, 0.25) is 0 Å². The number of unbranched alkanes of at least 4 members (excludes halogenated alkanes) is 2. The fourth-order valence-electron chi connectivity index (χ4n) is 2.35. The topological polar surface area (TPSA) is 46.6 Å². The molecule has 21 heavy (non-hydrogen) atoms. The quantitative estimate of drug-likeness (QED) is 0.386. The molecule has 0 radical (unpaired) electrons. The van der Waals surface area contributed by atoms with E-state index in [-0.39, 0.29) is 11.8 Å². The van der Waals surface area contributed by atoms with E-state index in [1.165, 1.54) is 32.6 Å². The minimum Gasteiger partial charge on any atom is -0.465 e. The maximum Gasteiger partial charge on any atom is 0.316 e. The van der Waals surface area contributed by atoms with Gasteiger partial charge in [-0.25, -0.2) is 0 Å². The highest BCUT2D eigenvalue weighted by molar-refractivity contribution is 5.97. The van der Waals surface area contributed by atoms with Gasteiger partial charge in [0.1, 0.15) is 11.7 Å². The molecule has 0 saturated carbocycles. The average molecular weight is 299 g/mol. The van der Waals surface area contributed by atoms with E-state index >= 15 is 0 Å². The van der Waals surface area contributed by atoms with Crippen LogP contribution in [-0.4, -0.2) is 42.9 Å². The molecule has 0 N–H and O–H groups in total. The predicted molar refractivity (Wildman–Crippen MR) is 86.3 cm³/mol. The maximum absolute atomic E-state index is 11.7. The van der Waals surface area contributed by atoms with Gasteiger partial charge in [0.25, 0.3) is 0 Å². The summed E-state index contributed by atoms with van der Waals surface area (Å²) in [5, 5.41) is 0. The molecule has 0 heterocycles. The summed E-state index contributed by atoms with van der Waals surface area (Å²) in [5.74, 6) is -1.02. The molecular formula is C17H33NO3. The van der Waals surface area contributed by atoms with E-state index in [2.05, 4.69) is 18.7 Å². The third kappa shape index (κ3) is 9.62. The van der Waals surface area contributed by atoms with Crippen molar-refractivity contribution < 1.29 is 14.3 Å². The molecule has 0 aliphatic rings. The van der Waals surface area contributed by atoms with Crippen LogP contribution in [-0.2, 0) is 14.3 Å². The Kier molecular flexibility index (Phi) is 12.3. The summed E-state index contributed by atoms with van der Waals surface area (Å²) in [4.78, 5) is 25.8. The second-order valence-corrected chi connectivity index (χ2v) is 5.61. The zero-order valence-corrected chi connectivity index (χ0v) is 14.3. The van der Waals surface area contributed by atoms with Gasteiger partial charge in [0, 0.05) is 0 Å². The Hall–Kier alpha value is -0.900. The highest BCUT2D eigenvalue weighted by atomic mass is 16.5. The van der Waals surface area contributed by atoms with Gasteiger partial charge < -0.3 is 9.64 Å². The summed E-state index contributed by atoms with van der Waals surface area (Å²) < 4.78 is 4.98. The van der Waals surface area contributed by atoms with E-state index in [1.54, 1.807) is 6.92 Å². The van der Waals surface area contributed by atoms with E-state index in [0.29, 0.717) is 13.0 Å². The van der Waals surface area contributed by atoms with Gasteiger partial charge in [-0.05, 0) is 59.2 Å². The van der Waals surface area contributed by atoms with Crippen molar-refractivity contribution in [1.82, 2.24) is 4.90 Å². The van der Waals surface area contributed by atoms with Crippen LogP contribution in [0.3, 0.4) is 0 Å². The van der Waals surface area contributed by atoms with Crippen LogP contribution in [0.15, 0.2) is 0 Å². The lowest BCUT2D eigenvalue weighted by atomic mass is 9.99. The number of ketones is 1. The predicted octanol–water partition coefficient (Wildman–Crippen LogP) is 3.44. The molecule has 0 saturated heterocycles. The van der Waals surface area contributed by atoms with Crippen LogP contribution < -0.4 is 0 Å². The Morgan fingerprint density at radius 2 is 1.48 bits per heavy atom. The molecule has 0 spiro atoms. The molecule has 4 heteroatoms. The van der Waals surface area contributed by atoms with E-state index < -0.39 is 5.92 Å². The molecule has 0 rings (SSSR count). The Morgan fingerprint density at radius 3 is 1.90 bits per heavy atom. The lowest BCUT2D eigenvalue weighted by Crippen LogP contribution is -2.29. The number of hydrogen-bond donors (Lipinski definition) is 0. The number of esters is 1. The lowest BCUT2D eigenvalue weighted by molar-refractivity contribution is -0.151. The first-order valence-corrected chi connectivity index (χ1v) is 8.46. The first-order chi connectivity index (χ1) is 10.1. The van der Waals surface area contributed by atoms with Crippen LogP contribution in [0.1, 0.15) is 66.2 Å². The zero-order chi connectivity index (χ0) is 16.1. The fourth-order valence-corrected chi connectivity index (χ4v) is 2.35. The Labute approximate surface area is 130 Å². The number of hydrogen-bond acceptors (Lipinski definition) is 4.